The number of methoxy groups -OCH3 is 1. The van der Waals surface area contributed by atoms with Gasteiger partial charge in [-0.05, 0) is 44.0 Å². The van der Waals surface area contributed by atoms with Crippen LogP contribution in [0.5, 0.6) is 5.75 Å². The average Bonchev–Trinajstić information content (AvgIpc) is 2.95. The second kappa shape index (κ2) is 5.91. The Labute approximate surface area is 133 Å². The maximum atomic E-state index is 5.50. The number of aryl methyl sites for hydroxylation is 3. The zero-order valence-electron chi connectivity index (χ0n) is 13.9. The molecule has 0 amide bonds. The molecule has 0 aromatic heterocycles. The summed E-state index contributed by atoms with van der Waals surface area (Å²) in [4.78, 5) is 4.86. The molecule has 2 aromatic rings. The standard InChI is InChI=1S/C19H24N2O/c1-14-11-15(2)19(16(3)12-14)21-10-9-20(13-21)17-7-5-6-8-18(17)22-4/h5-8,11-12H,9-10,13H2,1-4H3. The number of hydrogen-bond acceptors (Lipinski definition) is 3. The normalized spacial score (nSPS) is 14.5. The van der Waals surface area contributed by atoms with Crippen molar-refractivity contribution in [2.24, 2.45) is 0 Å². The molecule has 1 fully saturated rings. The Morgan fingerprint density at radius 1 is 0.909 bits per heavy atom. The summed E-state index contributed by atoms with van der Waals surface area (Å²) in [5.74, 6) is 0.946. The van der Waals surface area contributed by atoms with Crippen LogP contribution >= 0.6 is 0 Å². The van der Waals surface area contributed by atoms with Crippen LogP contribution in [0.2, 0.25) is 0 Å². The minimum absolute atomic E-state index is 0.908. The van der Waals surface area contributed by atoms with Gasteiger partial charge in [0.25, 0.3) is 0 Å². The smallest absolute Gasteiger partial charge is 0.142 e. The van der Waals surface area contributed by atoms with Crippen molar-refractivity contribution >= 4 is 11.4 Å². The van der Waals surface area contributed by atoms with Gasteiger partial charge in [0, 0.05) is 18.8 Å². The molecule has 0 radical (unpaired) electrons. The Bertz CT molecular complexity index is 658. The lowest BCUT2D eigenvalue weighted by Gasteiger charge is -2.25. The summed E-state index contributed by atoms with van der Waals surface area (Å²) in [6.45, 7) is 9.55. The van der Waals surface area contributed by atoms with Crippen molar-refractivity contribution in [3.05, 3.63) is 53.1 Å². The topological polar surface area (TPSA) is 15.7 Å². The van der Waals surface area contributed by atoms with Gasteiger partial charge in [-0.3, -0.25) is 0 Å². The summed E-state index contributed by atoms with van der Waals surface area (Å²) in [6.07, 6.45) is 0. The largest absolute Gasteiger partial charge is 0.495 e. The Morgan fingerprint density at radius 3 is 2.23 bits per heavy atom. The van der Waals surface area contributed by atoms with Crippen molar-refractivity contribution in [1.82, 2.24) is 0 Å². The van der Waals surface area contributed by atoms with Crippen molar-refractivity contribution in [1.29, 1.82) is 0 Å². The van der Waals surface area contributed by atoms with E-state index in [0.717, 1.165) is 25.5 Å². The van der Waals surface area contributed by atoms with E-state index in [2.05, 4.69) is 54.8 Å². The van der Waals surface area contributed by atoms with Crippen LogP contribution < -0.4 is 14.5 Å². The maximum absolute atomic E-state index is 5.50. The van der Waals surface area contributed by atoms with Gasteiger partial charge in [0.15, 0.2) is 0 Å². The number of anilines is 2. The highest BCUT2D eigenvalue weighted by Crippen LogP contribution is 2.33. The number of rotatable bonds is 3. The fourth-order valence-corrected chi connectivity index (χ4v) is 3.53. The fourth-order valence-electron chi connectivity index (χ4n) is 3.53. The van der Waals surface area contributed by atoms with E-state index in [1.165, 1.54) is 28.1 Å². The molecular formula is C19H24N2O. The lowest BCUT2D eigenvalue weighted by atomic mass is 10.0. The molecule has 0 spiro atoms. The molecule has 0 saturated carbocycles. The third-order valence-electron chi connectivity index (χ3n) is 4.36. The van der Waals surface area contributed by atoms with Crippen LogP contribution in [0.25, 0.3) is 0 Å². The van der Waals surface area contributed by atoms with E-state index in [0.29, 0.717) is 0 Å². The first-order valence-corrected chi connectivity index (χ1v) is 7.81. The van der Waals surface area contributed by atoms with Crippen molar-refractivity contribution in [2.45, 2.75) is 20.8 Å². The zero-order chi connectivity index (χ0) is 15.7. The first-order valence-electron chi connectivity index (χ1n) is 7.81. The summed E-state index contributed by atoms with van der Waals surface area (Å²) < 4.78 is 5.50. The molecule has 0 atom stereocenters. The molecule has 0 bridgehead atoms. The van der Waals surface area contributed by atoms with Crippen LogP contribution in [0.4, 0.5) is 11.4 Å². The molecule has 3 heteroatoms. The van der Waals surface area contributed by atoms with Crippen molar-refractivity contribution < 1.29 is 4.74 Å². The number of nitrogens with zero attached hydrogens (tertiary/aromatic N) is 2. The Kier molecular flexibility index (Phi) is 3.97. The molecule has 3 nitrogen and oxygen atoms in total. The highest BCUT2D eigenvalue weighted by atomic mass is 16.5. The Hall–Kier alpha value is -2.16. The molecule has 116 valence electrons. The lowest BCUT2D eigenvalue weighted by Crippen LogP contribution is -2.26. The number of hydrogen-bond donors (Lipinski definition) is 0. The third-order valence-corrected chi connectivity index (χ3v) is 4.36. The van der Waals surface area contributed by atoms with E-state index in [-0.39, 0.29) is 0 Å². The van der Waals surface area contributed by atoms with Crippen LogP contribution in [0.1, 0.15) is 16.7 Å². The first-order chi connectivity index (χ1) is 10.6. The van der Waals surface area contributed by atoms with Crippen molar-refractivity contribution in [3.63, 3.8) is 0 Å². The minimum atomic E-state index is 0.908. The summed E-state index contributed by atoms with van der Waals surface area (Å²) in [5, 5.41) is 0. The molecule has 1 heterocycles. The van der Waals surface area contributed by atoms with Gasteiger partial charge in [0.1, 0.15) is 5.75 Å². The number of para-hydroxylation sites is 2. The lowest BCUT2D eigenvalue weighted by molar-refractivity contribution is 0.415. The summed E-state index contributed by atoms with van der Waals surface area (Å²) in [5.41, 5.74) is 6.61. The Balaban J connectivity index is 1.87. The number of ether oxygens (including phenoxy) is 1. The van der Waals surface area contributed by atoms with E-state index in [1.807, 2.05) is 12.1 Å². The summed E-state index contributed by atoms with van der Waals surface area (Å²) in [7, 11) is 1.74. The van der Waals surface area contributed by atoms with Crippen molar-refractivity contribution in [2.75, 3.05) is 36.7 Å². The molecule has 1 aliphatic rings. The third kappa shape index (κ3) is 2.63. The summed E-state index contributed by atoms with van der Waals surface area (Å²) in [6, 6.07) is 12.8. The van der Waals surface area contributed by atoms with Gasteiger partial charge in [-0.2, -0.15) is 0 Å². The molecule has 2 aromatic carbocycles. The van der Waals surface area contributed by atoms with Crippen molar-refractivity contribution in [3.8, 4) is 5.75 Å². The monoisotopic (exact) mass is 296 g/mol. The molecule has 0 unspecified atom stereocenters. The van der Waals surface area contributed by atoms with Crippen LogP contribution in [0, 0.1) is 20.8 Å². The van der Waals surface area contributed by atoms with E-state index >= 15 is 0 Å². The highest BCUT2D eigenvalue weighted by Gasteiger charge is 2.24. The Morgan fingerprint density at radius 2 is 1.55 bits per heavy atom. The van der Waals surface area contributed by atoms with E-state index < -0.39 is 0 Å². The van der Waals surface area contributed by atoms with Gasteiger partial charge in [0.2, 0.25) is 0 Å². The quantitative estimate of drug-likeness (QED) is 0.854. The zero-order valence-corrected chi connectivity index (χ0v) is 13.9. The molecule has 0 N–H and O–H groups in total. The van der Waals surface area contributed by atoms with Gasteiger partial charge in [-0.25, -0.2) is 0 Å². The van der Waals surface area contributed by atoms with Gasteiger partial charge < -0.3 is 14.5 Å². The van der Waals surface area contributed by atoms with Crippen LogP contribution in [0.15, 0.2) is 36.4 Å². The SMILES string of the molecule is COc1ccccc1N1CCN(c2c(C)cc(C)cc2C)C1. The second-order valence-corrected chi connectivity index (χ2v) is 6.09. The highest BCUT2D eigenvalue weighted by molar-refractivity contribution is 5.65. The fraction of sp³-hybridized carbons (Fsp3) is 0.368. The molecule has 1 aliphatic heterocycles. The van der Waals surface area contributed by atoms with Crippen LogP contribution in [0.3, 0.4) is 0 Å². The van der Waals surface area contributed by atoms with Crippen LogP contribution in [-0.2, 0) is 0 Å². The van der Waals surface area contributed by atoms with Gasteiger partial charge in [-0.1, -0.05) is 29.8 Å². The molecule has 1 saturated heterocycles. The maximum Gasteiger partial charge on any atom is 0.142 e. The molecule has 0 aliphatic carbocycles. The second-order valence-electron chi connectivity index (χ2n) is 6.09. The van der Waals surface area contributed by atoms with E-state index in [9.17, 15) is 0 Å². The molecule has 3 rings (SSSR count). The predicted molar refractivity (Wildman–Crippen MR) is 93.2 cm³/mol. The number of benzene rings is 2. The van der Waals surface area contributed by atoms with Gasteiger partial charge in [-0.15, -0.1) is 0 Å². The molecular weight excluding hydrogens is 272 g/mol. The van der Waals surface area contributed by atoms with Crippen LogP contribution in [-0.4, -0.2) is 26.9 Å². The molecule has 22 heavy (non-hydrogen) atoms. The summed E-state index contributed by atoms with van der Waals surface area (Å²) >= 11 is 0. The van der Waals surface area contributed by atoms with Gasteiger partial charge >= 0.3 is 0 Å². The van der Waals surface area contributed by atoms with E-state index in [4.69, 9.17) is 4.74 Å². The minimum Gasteiger partial charge on any atom is -0.495 e. The van der Waals surface area contributed by atoms with E-state index in [1.54, 1.807) is 7.11 Å². The first kappa shape index (κ1) is 14.8. The predicted octanol–water partition coefficient (Wildman–Crippen LogP) is 3.90. The van der Waals surface area contributed by atoms with Gasteiger partial charge in [0.05, 0.1) is 19.5 Å². The average molecular weight is 296 g/mol.